The molecule has 0 aliphatic heterocycles. The van der Waals surface area contributed by atoms with Gasteiger partial charge in [0.15, 0.2) is 0 Å². The Morgan fingerprint density at radius 3 is 2.80 bits per heavy atom. The number of hydrogen-bond acceptors (Lipinski definition) is 6. The number of carbonyl (C=O) groups is 1. The molecule has 2 rings (SSSR count). The zero-order chi connectivity index (χ0) is 14.4. The summed E-state index contributed by atoms with van der Waals surface area (Å²) in [6, 6.07) is 0. The minimum atomic E-state index is -1.03. The van der Waals surface area contributed by atoms with Gasteiger partial charge in [0.2, 0.25) is 5.82 Å². The minimum absolute atomic E-state index is 0.00149. The van der Waals surface area contributed by atoms with Crippen molar-refractivity contribution in [1.29, 1.82) is 0 Å². The van der Waals surface area contributed by atoms with Gasteiger partial charge in [0.1, 0.15) is 18.8 Å². The van der Waals surface area contributed by atoms with Gasteiger partial charge in [0, 0.05) is 6.61 Å². The van der Waals surface area contributed by atoms with E-state index in [0.29, 0.717) is 12.4 Å². The molecule has 20 heavy (non-hydrogen) atoms. The van der Waals surface area contributed by atoms with Gasteiger partial charge in [-0.15, -0.1) is 0 Å². The molecule has 7 nitrogen and oxygen atoms in total. The van der Waals surface area contributed by atoms with E-state index in [2.05, 4.69) is 10.1 Å². The van der Waals surface area contributed by atoms with Crippen LogP contribution in [0, 0.1) is 0 Å². The number of carboxylic acid groups (broad SMARTS) is 1. The van der Waals surface area contributed by atoms with Crippen LogP contribution in [-0.2, 0) is 26.5 Å². The van der Waals surface area contributed by atoms with E-state index in [1.807, 2.05) is 6.92 Å². The molecule has 1 aliphatic rings. The topological polar surface area (TPSA) is 94.7 Å². The molecule has 0 aromatic carbocycles. The van der Waals surface area contributed by atoms with Crippen LogP contribution in [0.2, 0.25) is 0 Å². The lowest BCUT2D eigenvalue weighted by Gasteiger charge is -2.33. The average molecular weight is 284 g/mol. The second-order valence-corrected chi connectivity index (χ2v) is 4.89. The first-order chi connectivity index (χ1) is 9.66. The SMILES string of the molecule is CCOC1(c2noc(COCC(=O)O)n2)CCCCC1. The maximum absolute atomic E-state index is 10.4. The Morgan fingerprint density at radius 2 is 2.15 bits per heavy atom. The monoisotopic (exact) mass is 284 g/mol. The third-order valence-electron chi connectivity index (χ3n) is 3.41. The number of rotatable bonds is 7. The van der Waals surface area contributed by atoms with Crippen LogP contribution >= 0.6 is 0 Å². The van der Waals surface area contributed by atoms with Crippen molar-refractivity contribution in [1.82, 2.24) is 10.1 Å². The summed E-state index contributed by atoms with van der Waals surface area (Å²) in [5.74, 6) is -0.193. The van der Waals surface area contributed by atoms with E-state index in [0.717, 1.165) is 25.7 Å². The fourth-order valence-electron chi connectivity index (χ4n) is 2.56. The van der Waals surface area contributed by atoms with Crippen molar-refractivity contribution in [3.8, 4) is 0 Å². The van der Waals surface area contributed by atoms with Crippen molar-refractivity contribution in [2.24, 2.45) is 0 Å². The zero-order valence-corrected chi connectivity index (χ0v) is 11.6. The van der Waals surface area contributed by atoms with E-state index < -0.39 is 11.6 Å². The molecule has 0 spiro atoms. The van der Waals surface area contributed by atoms with Crippen LogP contribution in [0.25, 0.3) is 0 Å². The average Bonchev–Trinajstić information content (AvgIpc) is 2.89. The Balaban J connectivity index is 2.02. The van der Waals surface area contributed by atoms with E-state index >= 15 is 0 Å². The third-order valence-corrected chi connectivity index (χ3v) is 3.41. The molecule has 0 unspecified atom stereocenters. The highest BCUT2D eigenvalue weighted by Crippen LogP contribution is 2.39. The van der Waals surface area contributed by atoms with E-state index in [4.69, 9.17) is 19.1 Å². The van der Waals surface area contributed by atoms with Crippen molar-refractivity contribution in [2.45, 2.75) is 51.2 Å². The van der Waals surface area contributed by atoms with Gasteiger partial charge < -0.3 is 19.1 Å². The Hall–Kier alpha value is -1.47. The van der Waals surface area contributed by atoms with Crippen LogP contribution in [0.3, 0.4) is 0 Å². The summed E-state index contributed by atoms with van der Waals surface area (Å²) in [5.41, 5.74) is -0.457. The number of aliphatic carboxylic acids is 1. The summed E-state index contributed by atoms with van der Waals surface area (Å²) in [7, 11) is 0. The molecular weight excluding hydrogens is 264 g/mol. The second kappa shape index (κ2) is 6.81. The van der Waals surface area contributed by atoms with Crippen LogP contribution in [0.5, 0.6) is 0 Å². The van der Waals surface area contributed by atoms with Gasteiger partial charge in [-0.05, 0) is 19.8 Å². The number of ether oxygens (including phenoxy) is 2. The predicted octanol–water partition coefficient (Wildman–Crippen LogP) is 1.87. The lowest BCUT2D eigenvalue weighted by Crippen LogP contribution is -2.33. The van der Waals surface area contributed by atoms with Gasteiger partial charge in [-0.25, -0.2) is 4.79 Å². The molecule has 0 amide bonds. The molecule has 1 aromatic rings. The molecule has 1 heterocycles. The number of carboxylic acids is 1. The summed E-state index contributed by atoms with van der Waals surface area (Å²) in [5, 5.41) is 12.5. The lowest BCUT2D eigenvalue weighted by molar-refractivity contribution is -0.142. The van der Waals surface area contributed by atoms with Crippen molar-refractivity contribution in [3.63, 3.8) is 0 Å². The highest BCUT2D eigenvalue weighted by molar-refractivity contribution is 5.67. The largest absolute Gasteiger partial charge is 0.480 e. The minimum Gasteiger partial charge on any atom is -0.480 e. The van der Waals surface area contributed by atoms with Crippen LogP contribution in [0.15, 0.2) is 4.52 Å². The predicted molar refractivity (Wildman–Crippen MR) is 68.0 cm³/mol. The van der Waals surface area contributed by atoms with E-state index in [-0.39, 0.29) is 19.1 Å². The van der Waals surface area contributed by atoms with Gasteiger partial charge in [-0.3, -0.25) is 0 Å². The van der Waals surface area contributed by atoms with Crippen LogP contribution in [-0.4, -0.2) is 34.4 Å². The number of aromatic nitrogens is 2. The normalized spacial score (nSPS) is 18.1. The molecule has 112 valence electrons. The number of nitrogens with zero attached hydrogens (tertiary/aromatic N) is 2. The molecule has 0 saturated heterocycles. The molecule has 1 fully saturated rings. The Bertz CT molecular complexity index is 434. The van der Waals surface area contributed by atoms with E-state index in [1.54, 1.807) is 0 Å². The van der Waals surface area contributed by atoms with Crippen molar-refractivity contribution >= 4 is 5.97 Å². The van der Waals surface area contributed by atoms with Crippen LogP contribution in [0.4, 0.5) is 0 Å². The van der Waals surface area contributed by atoms with Gasteiger partial charge in [0.25, 0.3) is 5.89 Å². The first-order valence-corrected chi connectivity index (χ1v) is 6.93. The Kier molecular flexibility index (Phi) is 5.08. The van der Waals surface area contributed by atoms with E-state index in [9.17, 15) is 4.79 Å². The summed E-state index contributed by atoms with van der Waals surface area (Å²) in [6.07, 6.45) is 5.13. The van der Waals surface area contributed by atoms with Crippen LogP contribution < -0.4 is 0 Å². The molecule has 0 atom stereocenters. The molecule has 1 aromatic heterocycles. The quantitative estimate of drug-likeness (QED) is 0.816. The van der Waals surface area contributed by atoms with Gasteiger partial charge >= 0.3 is 5.97 Å². The molecule has 1 aliphatic carbocycles. The van der Waals surface area contributed by atoms with Gasteiger partial charge in [-0.1, -0.05) is 24.4 Å². The smallest absolute Gasteiger partial charge is 0.329 e. The van der Waals surface area contributed by atoms with Gasteiger partial charge in [-0.2, -0.15) is 4.98 Å². The summed E-state index contributed by atoms with van der Waals surface area (Å²) in [4.78, 5) is 14.7. The highest BCUT2D eigenvalue weighted by Gasteiger charge is 2.39. The molecular formula is C13H20N2O5. The summed E-state index contributed by atoms with van der Waals surface area (Å²) in [6.45, 7) is 2.17. The second-order valence-electron chi connectivity index (χ2n) is 4.89. The van der Waals surface area contributed by atoms with Crippen molar-refractivity contribution < 1.29 is 23.9 Å². The Morgan fingerprint density at radius 1 is 1.40 bits per heavy atom. The highest BCUT2D eigenvalue weighted by atomic mass is 16.5. The summed E-state index contributed by atoms with van der Waals surface area (Å²) >= 11 is 0. The third kappa shape index (κ3) is 3.55. The lowest BCUT2D eigenvalue weighted by atomic mass is 9.84. The molecule has 0 radical (unpaired) electrons. The van der Waals surface area contributed by atoms with Crippen LogP contribution in [0.1, 0.15) is 50.7 Å². The maximum atomic E-state index is 10.4. The first kappa shape index (κ1) is 14.9. The molecule has 1 saturated carbocycles. The zero-order valence-electron chi connectivity index (χ0n) is 11.6. The van der Waals surface area contributed by atoms with E-state index in [1.165, 1.54) is 6.42 Å². The first-order valence-electron chi connectivity index (χ1n) is 6.93. The summed E-state index contributed by atoms with van der Waals surface area (Å²) < 4.78 is 15.9. The Labute approximate surface area is 117 Å². The standard InChI is InChI=1S/C13H20N2O5/c1-2-19-13(6-4-3-5-7-13)12-14-10(20-15-12)8-18-9-11(16)17/h2-9H2,1H3,(H,16,17). The fraction of sp³-hybridized carbons (Fsp3) is 0.769. The maximum Gasteiger partial charge on any atom is 0.329 e. The molecule has 0 bridgehead atoms. The molecule has 1 N–H and O–H groups in total. The fourth-order valence-corrected chi connectivity index (χ4v) is 2.56. The number of hydrogen-bond donors (Lipinski definition) is 1. The van der Waals surface area contributed by atoms with Crippen molar-refractivity contribution in [2.75, 3.05) is 13.2 Å². The molecule has 7 heteroatoms. The van der Waals surface area contributed by atoms with Crippen molar-refractivity contribution in [3.05, 3.63) is 11.7 Å². The van der Waals surface area contributed by atoms with Gasteiger partial charge in [0.05, 0.1) is 0 Å².